The average Bonchev–Trinajstić information content (AvgIpc) is 3.08. The molecule has 98 valence electrons. The molecule has 1 fully saturated rings. The number of methoxy groups -OCH3 is 1. The third-order valence-corrected chi connectivity index (χ3v) is 3.66. The Morgan fingerprint density at radius 1 is 1.50 bits per heavy atom. The average molecular weight is 252 g/mol. The first-order chi connectivity index (χ1) is 8.52. The number of rotatable bonds is 5. The van der Waals surface area contributed by atoms with E-state index in [-0.39, 0.29) is 17.7 Å². The second-order valence-electron chi connectivity index (χ2n) is 4.85. The molecule has 0 radical (unpaired) electrons. The molecule has 4 heteroatoms. The molecule has 1 N–H and O–H groups in total. The summed E-state index contributed by atoms with van der Waals surface area (Å²) in [5.41, 5.74) is 1.10. The normalized spacial score (nSPS) is 16.4. The first-order valence-electron chi connectivity index (χ1n) is 6.11. The number of ether oxygens (including phenoxy) is 1. The minimum Gasteiger partial charge on any atom is -0.496 e. The zero-order valence-electron chi connectivity index (χ0n) is 10.6. The molecule has 0 aromatic heterocycles. The Morgan fingerprint density at radius 2 is 2.17 bits per heavy atom. The van der Waals surface area contributed by atoms with Crippen molar-refractivity contribution in [3.8, 4) is 5.75 Å². The number of carbonyl (C=O) groups is 1. The first-order valence-corrected chi connectivity index (χ1v) is 6.11. The van der Waals surface area contributed by atoms with E-state index in [1.807, 2.05) is 6.92 Å². The molecule has 0 unspecified atom stereocenters. The van der Waals surface area contributed by atoms with Crippen LogP contribution in [0.1, 0.15) is 37.3 Å². The Balaban J connectivity index is 2.46. The number of benzene rings is 1. The van der Waals surface area contributed by atoms with Gasteiger partial charge in [-0.1, -0.05) is 6.92 Å². The lowest BCUT2D eigenvalue weighted by molar-refractivity contribution is -0.137. The number of aliphatic carboxylic acids is 1. The maximum Gasteiger partial charge on any atom is 0.304 e. The first kappa shape index (κ1) is 12.9. The molecule has 1 aromatic rings. The fourth-order valence-electron chi connectivity index (χ4n) is 2.44. The van der Waals surface area contributed by atoms with Crippen molar-refractivity contribution in [1.82, 2.24) is 0 Å². The van der Waals surface area contributed by atoms with Crippen LogP contribution in [-0.4, -0.2) is 18.2 Å². The van der Waals surface area contributed by atoms with Crippen LogP contribution in [0.15, 0.2) is 12.1 Å². The lowest BCUT2D eigenvalue weighted by atomic mass is 9.89. The molecule has 0 heterocycles. The Labute approximate surface area is 106 Å². The highest BCUT2D eigenvalue weighted by molar-refractivity contribution is 5.70. The van der Waals surface area contributed by atoms with E-state index in [1.165, 1.54) is 13.2 Å². The maximum atomic E-state index is 13.7. The number of carboxylic acids is 1. The molecule has 0 atom stereocenters. The van der Waals surface area contributed by atoms with Gasteiger partial charge in [-0.3, -0.25) is 4.79 Å². The molecule has 3 nitrogen and oxygen atoms in total. The van der Waals surface area contributed by atoms with E-state index in [0.29, 0.717) is 17.7 Å². The zero-order valence-corrected chi connectivity index (χ0v) is 10.6. The molecule has 0 bridgehead atoms. The molecular weight excluding hydrogens is 235 g/mol. The van der Waals surface area contributed by atoms with Crippen molar-refractivity contribution in [2.45, 2.75) is 38.0 Å². The molecule has 1 aliphatic rings. The summed E-state index contributed by atoms with van der Waals surface area (Å²) < 4.78 is 18.9. The predicted octanol–water partition coefficient (Wildman–Crippen LogP) is 2.90. The number of halogens is 1. The highest BCUT2D eigenvalue weighted by atomic mass is 19.1. The fraction of sp³-hybridized carbons (Fsp3) is 0.500. The van der Waals surface area contributed by atoms with Gasteiger partial charge in [0.2, 0.25) is 0 Å². The lowest BCUT2D eigenvalue weighted by Crippen LogP contribution is -2.15. The number of hydrogen-bond donors (Lipinski definition) is 1. The summed E-state index contributed by atoms with van der Waals surface area (Å²) in [7, 11) is 1.49. The maximum absolute atomic E-state index is 13.7. The van der Waals surface area contributed by atoms with Gasteiger partial charge in [-0.05, 0) is 30.9 Å². The van der Waals surface area contributed by atoms with E-state index in [2.05, 4.69) is 0 Å². The molecule has 1 aromatic carbocycles. The summed E-state index contributed by atoms with van der Waals surface area (Å²) in [4.78, 5) is 10.9. The van der Waals surface area contributed by atoms with Crippen LogP contribution >= 0.6 is 0 Å². The van der Waals surface area contributed by atoms with Crippen molar-refractivity contribution >= 4 is 5.97 Å². The van der Waals surface area contributed by atoms with Gasteiger partial charge in [-0.15, -0.1) is 0 Å². The van der Waals surface area contributed by atoms with Crippen molar-refractivity contribution in [1.29, 1.82) is 0 Å². The van der Waals surface area contributed by atoms with Gasteiger partial charge in [0.05, 0.1) is 13.5 Å². The summed E-state index contributed by atoms with van der Waals surface area (Å²) in [6.07, 6.45) is 2.32. The minimum atomic E-state index is -0.822. The second-order valence-corrected chi connectivity index (χ2v) is 4.85. The van der Waals surface area contributed by atoms with E-state index in [1.54, 1.807) is 6.07 Å². The van der Waals surface area contributed by atoms with Crippen LogP contribution in [-0.2, 0) is 16.6 Å². The second kappa shape index (κ2) is 4.59. The topological polar surface area (TPSA) is 46.5 Å². The van der Waals surface area contributed by atoms with E-state index in [4.69, 9.17) is 9.84 Å². The summed E-state index contributed by atoms with van der Waals surface area (Å²) in [5, 5.41) is 8.98. The summed E-state index contributed by atoms with van der Waals surface area (Å²) in [6.45, 7) is 1.88. The molecule has 1 aliphatic carbocycles. The van der Waals surface area contributed by atoms with Crippen LogP contribution in [0.25, 0.3) is 0 Å². The van der Waals surface area contributed by atoms with Crippen molar-refractivity contribution in [3.05, 3.63) is 29.1 Å². The van der Waals surface area contributed by atoms with Gasteiger partial charge in [0.1, 0.15) is 11.6 Å². The quantitative estimate of drug-likeness (QED) is 0.876. The molecule has 18 heavy (non-hydrogen) atoms. The van der Waals surface area contributed by atoms with Gasteiger partial charge in [-0.25, -0.2) is 4.39 Å². The Bertz CT molecular complexity index is 478. The largest absolute Gasteiger partial charge is 0.496 e. The highest BCUT2D eigenvalue weighted by Gasteiger charge is 2.48. The highest BCUT2D eigenvalue weighted by Crippen LogP contribution is 2.54. The van der Waals surface area contributed by atoms with Gasteiger partial charge in [-0.2, -0.15) is 0 Å². The summed E-state index contributed by atoms with van der Waals surface area (Å²) in [5.74, 6) is -0.649. The van der Waals surface area contributed by atoms with Gasteiger partial charge in [0.25, 0.3) is 0 Å². The standard InChI is InChI=1S/C14H17FO3/c1-3-9-6-10(12(18-2)7-11(9)15)14(4-5-14)8-13(16)17/h6-7H,3-5,8H2,1-2H3,(H,16,17). The monoisotopic (exact) mass is 252 g/mol. The number of hydrogen-bond acceptors (Lipinski definition) is 2. The van der Waals surface area contributed by atoms with Crippen LogP contribution in [0.4, 0.5) is 4.39 Å². The molecule has 1 saturated carbocycles. The van der Waals surface area contributed by atoms with Crippen molar-refractivity contribution < 1.29 is 19.0 Å². The minimum absolute atomic E-state index is 0.0815. The molecular formula is C14H17FO3. The molecule has 0 spiro atoms. The summed E-state index contributed by atoms with van der Waals surface area (Å²) in [6, 6.07) is 3.14. The van der Waals surface area contributed by atoms with E-state index < -0.39 is 5.97 Å². The summed E-state index contributed by atoms with van der Waals surface area (Å²) >= 11 is 0. The van der Waals surface area contributed by atoms with Crippen LogP contribution in [0, 0.1) is 5.82 Å². The Morgan fingerprint density at radius 3 is 2.61 bits per heavy atom. The van der Waals surface area contributed by atoms with Crippen LogP contribution in [0.3, 0.4) is 0 Å². The van der Waals surface area contributed by atoms with Gasteiger partial charge in [0, 0.05) is 17.0 Å². The fourth-order valence-corrected chi connectivity index (χ4v) is 2.44. The van der Waals surface area contributed by atoms with Crippen molar-refractivity contribution in [2.24, 2.45) is 0 Å². The van der Waals surface area contributed by atoms with E-state index in [9.17, 15) is 9.18 Å². The third-order valence-electron chi connectivity index (χ3n) is 3.66. The number of carboxylic acid groups (broad SMARTS) is 1. The predicted molar refractivity (Wildman–Crippen MR) is 65.5 cm³/mol. The van der Waals surface area contributed by atoms with Crippen LogP contribution in [0.2, 0.25) is 0 Å². The molecule has 2 rings (SSSR count). The Kier molecular flexibility index (Phi) is 3.28. The SMILES string of the molecule is CCc1cc(C2(CC(=O)O)CC2)c(OC)cc1F. The van der Waals surface area contributed by atoms with Crippen LogP contribution < -0.4 is 4.74 Å². The third kappa shape index (κ3) is 2.19. The van der Waals surface area contributed by atoms with E-state index >= 15 is 0 Å². The van der Waals surface area contributed by atoms with Gasteiger partial charge < -0.3 is 9.84 Å². The lowest BCUT2D eigenvalue weighted by Gasteiger charge is -2.18. The van der Waals surface area contributed by atoms with Crippen molar-refractivity contribution in [3.63, 3.8) is 0 Å². The Hall–Kier alpha value is -1.58. The smallest absolute Gasteiger partial charge is 0.304 e. The van der Waals surface area contributed by atoms with Gasteiger partial charge >= 0.3 is 5.97 Å². The zero-order chi connectivity index (χ0) is 13.3. The van der Waals surface area contributed by atoms with E-state index in [0.717, 1.165) is 18.4 Å². The molecule has 0 aliphatic heterocycles. The van der Waals surface area contributed by atoms with Crippen LogP contribution in [0.5, 0.6) is 5.75 Å². The molecule has 0 amide bonds. The molecule has 0 saturated heterocycles. The van der Waals surface area contributed by atoms with Gasteiger partial charge in [0.15, 0.2) is 0 Å². The number of aryl methyl sites for hydroxylation is 1. The van der Waals surface area contributed by atoms with Crippen molar-refractivity contribution in [2.75, 3.05) is 7.11 Å².